The van der Waals surface area contributed by atoms with Gasteiger partial charge in [0.25, 0.3) is 0 Å². The fourth-order valence-corrected chi connectivity index (χ4v) is 3.23. The Morgan fingerprint density at radius 2 is 2.04 bits per heavy atom. The molecule has 0 aliphatic rings. The highest BCUT2D eigenvalue weighted by Gasteiger charge is 2.12. The average Bonchev–Trinajstić information content (AvgIpc) is 3.01. The van der Waals surface area contributed by atoms with Gasteiger partial charge in [0.1, 0.15) is 11.3 Å². The quantitative estimate of drug-likeness (QED) is 0.315. The molecule has 4 rings (SSSR count). The maximum atomic E-state index is 12.3. The van der Waals surface area contributed by atoms with Crippen LogP contribution in [0.2, 0.25) is 0 Å². The second-order valence-electron chi connectivity index (χ2n) is 5.33. The number of aromatic nitrogens is 1. The molecule has 0 amide bonds. The molecule has 0 atom stereocenters. The Kier molecular flexibility index (Phi) is 3.39. The number of carbonyl (C=O) groups is 1. The van der Waals surface area contributed by atoms with Crippen molar-refractivity contribution in [1.82, 2.24) is 4.98 Å². The van der Waals surface area contributed by atoms with Crippen molar-refractivity contribution in [3.05, 3.63) is 69.5 Å². The van der Waals surface area contributed by atoms with Crippen LogP contribution in [0.1, 0.15) is 15.9 Å². The van der Waals surface area contributed by atoms with Crippen molar-refractivity contribution in [3.63, 3.8) is 0 Å². The van der Waals surface area contributed by atoms with Gasteiger partial charge in [-0.05, 0) is 42.8 Å². The smallest absolute Gasteiger partial charge is 0.343 e. The summed E-state index contributed by atoms with van der Waals surface area (Å²) < 4.78 is 11.5. The van der Waals surface area contributed by atoms with Crippen molar-refractivity contribution in [3.8, 4) is 5.75 Å². The summed E-state index contributed by atoms with van der Waals surface area (Å²) in [5.74, 6) is -0.148. The van der Waals surface area contributed by atoms with Gasteiger partial charge in [0.2, 0.25) is 0 Å². The monoisotopic (exact) mass is 337 g/mol. The van der Waals surface area contributed by atoms with Crippen LogP contribution in [0.4, 0.5) is 0 Å². The number of ether oxygens (including phenoxy) is 1. The molecule has 0 spiro atoms. The largest absolute Gasteiger partial charge is 0.423 e. The molecule has 0 N–H and O–H groups in total. The number of hydrogen-bond acceptors (Lipinski definition) is 6. The lowest BCUT2D eigenvalue weighted by atomic mass is 10.1. The molecule has 24 heavy (non-hydrogen) atoms. The van der Waals surface area contributed by atoms with Gasteiger partial charge in [-0.2, -0.15) is 0 Å². The van der Waals surface area contributed by atoms with E-state index in [2.05, 4.69) is 4.98 Å². The molecular formula is C18H11NO4S. The average molecular weight is 337 g/mol. The second-order valence-corrected chi connectivity index (χ2v) is 6.22. The predicted octanol–water partition coefficient (Wildman–Crippen LogP) is 3.93. The minimum atomic E-state index is -0.473. The number of fused-ring (bicyclic) bond motifs is 2. The normalized spacial score (nSPS) is 11.0. The standard InChI is InChI=1S/C18H11NO4S/c1-10-6-17(20)23-15-8-12(3-4-13(10)15)22-18(21)11-2-5-14-16(7-11)24-9-19-14/h2-9H,1H3. The molecule has 0 unspecified atom stereocenters. The molecule has 0 radical (unpaired) electrons. The Morgan fingerprint density at radius 1 is 1.17 bits per heavy atom. The van der Waals surface area contributed by atoms with Gasteiger partial charge in [0, 0.05) is 17.5 Å². The Labute approximate surface area is 140 Å². The fourth-order valence-electron chi connectivity index (χ4n) is 2.52. The molecule has 2 heterocycles. The molecule has 5 nitrogen and oxygen atoms in total. The first-order valence-electron chi connectivity index (χ1n) is 7.20. The van der Waals surface area contributed by atoms with Gasteiger partial charge < -0.3 is 9.15 Å². The third-order valence-corrected chi connectivity index (χ3v) is 4.49. The summed E-state index contributed by atoms with van der Waals surface area (Å²) in [6, 6.07) is 11.6. The van der Waals surface area contributed by atoms with E-state index in [9.17, 15) is 9.59 Å². The van der Waals surface area contributed by atoms with Gasteiger partial charge in [-0.15, -0.1) is 11.3 Å². The number of aryl methyl sites for hydroxylation is 1. The molecular weight excluding hydrogens is 326 g/mol. The highest BCUT2D eigenvalue weighted by atomic mass is 32.1. The molecule has 0 saturated carbocycles. The molecule has 0 saturated heterocycles. The molecule has 0 aliphatic heterocycles. The first-order valence-corrected chi connectivity index (χ1v) is 8.08. The minimum Gasteiger partial charge on any atom is -0.423 e. The first-order chi connectivity index (χ1) is 11.6. The van der Waals surface area contributed by atoms with Crippen LogP contribution in [0.25, 0.3) is 21.2 Å². The topological polar surface area (TPSA) is 69.4 Å². The summed E-state index contributed by atoms with van der Waals surface area (Å²) in [6.45, 7) is 1.83. The molecule has 2 aromatic heterocycles. The predicted molar refractivity (Wildman–Crippen MR) is 91.8 cm³/mol. The van der Waals surface area contributed by atoms with Crippen molar-refractivity contribution in [1.29, 1.82) is 0 Å². The summed E-state index contributed by atoms with van der Waals surface area (Å²) in [6.07, 6.45) is 0. The Balaban J connectivity index is 1.67. The van der Waals surface area contributed by atoms with E-state index in [0.717, 1.165) is 21.2 Å². The lowest BCUT2D eigenvalue weighted by Gasteiger charge is -2.06. The number of benzene rings is 2. The van der Waals surface area contributed by atoms with Gasteiger partial charge in [0.15, 0.2) is 0 Å². The van der Waals surface area contributed by atoms with E-state index in [1.165, 1.54) is 17.4 Å². The van der Waals surface area contributed by atoms with Crippen LogP contribution in [0, 0.1) is 6.92 Å². The Morgan fingerprint density at radius 3 is 2.92 bits per heavy atom. The van der Waals surface area contributed by atoms with Gasteiger partial charge in [-0.1, -0.05) is 0 Å². The van der Waals surface area contributed by atoms with E-state index in [1.54, 1.807) is 41.9 Å². The van der Waals surface area contributed by atoms with Crippen LogP contribution in [0.3, 0.4) is 0 Å². The van der Waals surface area contributed by atoms with E-state index >= 15 is 0 Å². The first kappa shape index (κ1) is 14.6. The van der Waals surface area contributed by atoms with Crippen LogP contribution in [-0.2, 0) is 0 Å². The third-order valence-electron chi connectivity index (χ3n) is 3.70. The van der Waals surface area contributed by atoms with E-state index in [0.29, 0.717) is 16.9 Å². The zero-order valence-corrected chi connectivity index (χ0v) is 13.4. The number of esters is 1. The van der Waals surface area contributed by atoms with Crippen LogP contribution in [-0.4, -0.2) is 11.0 Å². The minimum absolute atomic E-state index is 0.325. The summed E-state index contributed by atoms with van der Waals surface area (Å²) in [7, 11) is 0. The van der Waals surface area contributed by atoms with Gasteiger partial charge in [-0.25, -0.2) is 14.6 Å². The Hall–Kier alpha value is -2.99. The molecule has 0 aliphatic carbocycles. The summed E-state index contributed by atoms with van der Waals surface area (Å²) in [5.41, 5.74) is 3.79. The molecule has 0 bridgehead atoms. The van der Waals surface area contributed by atoms with E-state index < -0.39 is 11.6 Å². The van der Waals surface area contributed by atoms with E-state index in [-0.39, 0.29) is 0 Å². The van der Waals surface area contributed by atoms with Crippen LogP contribution >= 0.6 is 11.3 Å². The molecule has 6 heteroatoms. The summed E-state index contributed by atoms with van der Waals surface area (Å²) in [5, 5.41) is 0.806. The maximum Gasteiger partial charge on any atom is 0.343 e. The van der Waals surface area contributed by atoms with E-state index in [1.807, 2.05) is 6.92 Å². The fraction of sp³-hybridized carbons (Fsp3) is 0.0556. The van der Waals surface area contributed by atoms with Crippen molar-refractivity contribution in [2.75, 3.05) is 0 Å². The lowest BCUT2D eigenvalue weighted by molar-refractivity contribution is 0.0735. The third kappa shape index (κ3) is 2.57. The highest BCUT2D eigenvalue weighted by Crippen LogP contribution is 2.24. The summed E-state index contributed by atoms with van der Waals surface area (Å²) in [4.78, 5) is 28.0. The molecule has 2 aromatic carbocycles. The van der Waals surface area contributed by atoms with Crippen molar-refractivity contribution in [2.45, 2.75) is 6.92 Å². The van der Waals surface area contributed by atoms with Gasteiger partial charge >= 0.3 is 11.6 Å². The number of rotatable bonds is 2. The zero-order chi connectivity index (χ0) is 16.7. The lowest BCUT2D eigenvalue weighted by Crippen LogP contribution is -2.08. The van der Waals surface area contributed by atoms with Crippen molar-refractivity contribution in [2.24, 2.45) is 0 Å². The number of nitrogens with zero attached hydrogens (tertiary/aromatic N) is 1. The van der Waals surface area contributed by atoms with Crippen LogP contribution < -0.4 is 10.4 Å². The van der Waals surface area contributed by atoms with Gasteiger partial charge in [-0.3, -0.25) is 0 Å². The van der Waals surface area contributed by atoms with Crippen LogP contribution in [0.5, 0.6) is 5.75 Å². The Bertz CT molecular complexity index is 1140. The van der Waals surface area contributed by atoms with E-state index in [4.69, 9.17) is 9.15 Å². The molecule has 0 fully saturated rings. The maximum absolute atomic E-state index is 12.3. The van der Waals surface area contributed by atoms with Crippen molar-refractivity contribution < 1.29 is 13.9 Å². The number of thiazole rings is 1. The van der Waals surface area contributed by atoms with Gasteiger partial charge in [0.05, 0.1) is 21.3 Å². The molecule has 118 valence electrons. The SMILES string of the molecule is Cc1cc(=O)oc2cc(OC(=O)c3ccc4ncsc4c3)ccc12. The highest BCUT2D eigenvalue weighted by molar-refractivity contribution is 7.16. The number of carbonyl (C=O) groups excluding carboxylic acids is 1. The second kappa shape index (κ2) is 5.58. The number of hydrogen-bond donors (Lipinski definition) is 0. The van der Waals surface area contributed by atoms with Crippen LogP contribution in [0.15, 0.2) is 57.2 Å². The van der Waals surface area contributed by atoms with Crippen molar-refractivity contribution >= 4 is 38.5 Å². The molecule has 4 aromatic rings. The zero-order valence-electron chi connectivity index (χ0n) is 12.6. The summed E-state index contributed by atoms with van der Waals surface area (Å²) >= 11 is 1.46.